The lowest BCUT2D eigenvalue weighted by atomic mass is 9.98. The average Bonchev–Trinajstić information content (AvgIpc) is 2.28. The lowest BCUT2D eigenvalue weighted by molar-refractivity contribution is -0.138. The monoisotopic (exact) mass is 243 g/mol. The first kappa shape index (κ1) is 13.3. The molecule has 1 unspecified atom stereocenters. The highest BCUT2D eigenvalue weighted by Gasteiger charge is 2.28. The number of nitrogens with zero attached hydrogens (tertiary/aromatic N) is 1. The van der Waals surface area contributed by atoms with Gasteiger partial charge in [0.05, 0.1) is 5.92 Å². The number of urea groups is 1. The maximum atomic E-state index is 11.7. The van der Waals surface area contributed by atoms with Gasteiger partial charge in [0.1, 0.15) is 6.04 Å². The molecule has 1 rings (SSSR count). The number of carboxylic acids is 1. The third-order valence-corrected chi connectivity index (χ3v) is 2.82. The maximum absolute atomic E-state index is 11.7. The van der Waals surface area contributed by atoms with E-state index in [1.165, 1.54) is 11.8 Å². The van der Waals surface area contributed by atoms with Crippen LogP contribution in [0.1, 0.15) is 19.8 Å². The molecule has 7 heteroatoms. The third-order valence-electron chi connectivity index (χ3n) is 2.82. The summed E-state index contributed by atoms with van der Waals surface area (Å²) in [5, 5.41) is 11.0. The van der Waals surface area contributed by atoms with Gasteiger partial charge >= 0.3 is 12.0 Å². The van der Waals surface area contributed by atoms with Crippen molar-refractivity contribution in [1.82, 2.24) is 10.2 Å². The number of aliphatic carboxylic acids is 1. The van der Waals surface area contributed by atoms with Crippen LogP contribution in [0.15, 0.2) is 0 Å². The molecule has 0 saturated carbocycles. The van der Waals surface area contributed by atoms with Crippen LogP contribution in [-0.2, 0) is 9.59 Å². The summed E-state index contributed by atoms with van der Waals surface area (Å²) < 4.78 is 0. The van der Waals surface area contributed by atoms with Crippen LogP contribution >= 0.6 is 0 Å². The molecular weight excluding hydrogens is 226 g/mol. The summed E-state index contributed by atoms with van der Waals surface area (Å²) in [7, 11) is 0. The van der Waals surface area contributed by atoms with E-state index in [0.29, 0.717) is 19.4 Å². The Morgan fingerprint density at radius 2 is 2.12 bits per heavy atom. The Hall–Kier alpha value is -1.79. The fourth-order valence-electron chi connectivity index (χ4n) is 1.73. The Bertz CT molecular complexity index is 332. The second kappa shape index (κ2) is 5.51. The maximum Gasteiger partial charge on any atom is 0.325 e. The van der Waals surface area contributed by atoms with E-state index in [-0.39, 0.29) is 12.5 Å². The van der Waals surface area contributed by atoms with Crippen LogP contribution in [0.25, 0.3) is 0 Å². The van der Waals surface area contributed by atoms with Gasteiger partial charge in [0.2, 0.25) is 5.91 Å². The van der Waals surface area contributed by atoms with Gasteiger partial charge in [-0.25, -0.2) is 4.79 Å². The minimum Gasteiger partial charge on any atom is -0.480 e. The average molecular weight is 243 g/mol. The molecule has 17 heavy (non-hydrogen) atoms. The topological polar surface area (TPSA) is 113 Å². The number of nitrogens with one attached hydrogen (secondary N) is 1. The number of hydrogen-bond acceptors (Lipinski definition) is 3. The second-order valence-electron chi connectivity index (χ2n) is 4.20. The van der Waals surface area contributed by atoms with Crippen LogP contribution in [0.3, 0.4) is 0 Å². The molecule has 0 aromatic carbocycles. The zero-order chi connectivity index (χ0) is 13.0. The Labute approximate surface area is 98.9 Å². The standard InChI is InChI=1S/C10H17N3O4/c1-6(9(15)16)12-10(17)13-4-2-3-7(5-13)8(11)14/h6-7H,2-5H2,1H3,(H2,11,14)(H,12,17)(H,15,16)/t6-,7?/m1/s1. The number of carboxylic acid groups (broad SMARTS) is 1. The zero-order valence-electron chi connectivity index (χ0n) is 9.68. The molecule has 0 spiro atoms. The van der Waals surface area contributed by atoms with E-state index in [1.54, 1.807) is 0 Å². The summed E-state index contributed by atoms with van der Waals surface area (Å²) in [4.78, 5) is 34.7. The fraction of sp³-hybridized carbons (Fsp3) is 0.700. The molecule has 1 saturated heterocycles. The van der Waals surface area contributed by atoms with Crippen molar-refractivity contribution in [1.29, 1.82) is 0 Å². The number of carbonyl (C=O) groups is 3. The van der Waals surface area contributed by atoms with Gasteiger partial charge < -0.3 is 21.1 Å². The molecule has 3 amide bonds. The summed E-state index contributed by atoms with van der Waals surface area (Å²) in [6, 6.07) is -1.41. The van der Waals surface area contributed by atoms with Crippen LogP contribution in [-0.4, -0.2) is 47.0 Å². The molecule has 0 aromatic rings. The normalized spacial score (nSPS) is 21.7. The molecule has 1 aliphatic heterocycles. The van der Waals surface area contributed by atoms with E-state index in [0.717, 1.165) is 0 Å². The Balaban J connectivity index is 2.52. The van der Waals surface area contributed by atoms with E-state index < -0.39 is 23.9 Å². The first-order valence-corrected chi connectivity index (χ1v) is 5.49. The van der Waals surface area contributed by atoms with Crippen molar-refractivity contribution in [2.45, 2.75) is 25.8 Å². The van der Waals surface area contributed by atoms with Gasteiger partial charge in [-0.1, -0.05) is 0 Å². The van der Waals surface area contributed by atoms with Crippen LogP contribution in [0.4, 0.5) is 4.79 Å². The summed E-state index contributed by atoms with van der Waals surface area (Å²) in [6.07, 6.45) is 1.37. The van der Waals surface area contributed by atoms with E-state index in [4.69, 9.17) is 10.8 Å². The van der Waals surface area contributed by atoms with Gasteiger partial charge in [-0.05, 0) is 19.8 Å². The molecule has 7 nitrogen and oxygen atoms in total. The second-order valence-corrected chi connectivity index (χ2v) is 4.20. The van der Waals surface area contributed by atoms with Crippen molar-refractivity contribution in [2.75, 3.05) is 13.1 Å². The van der Waals surface area contributed by atoms with Gasteiger partial charge in [0.15, 0.2) is 0 Å². The van der Waals surface area contributed by atoms with Crippen LogP contribution < -0.4 is 11.1 Å². The molecule has 1 aliphatic rings. The minimum absolute atomic E-state index is 0.257. The van der Waals surface area contributed by atoms with Gasteiger partial charge in [0.25, 0.3) is 0 Å². The molecule has 4 N–H and O–H groups in total. The Morgan fingerprint density at radius 1 is 1.47 bits per heavy atom. The molecule has 0 aliphatic carbocycles. The lowest BCUT2D eigenvalue weighted by Gasteiger charge is -2.31. The summed E-state index contributed by atoms with van der Waals surface area (Å²) in [6.45, 7) is 2.16. The van der Waals surface area contributed by atoms with Crippen molar-refractivity contribution in [2.24, 2.45) is 11.7 Å². The molecule has 0 aromatic heterocycles. The molecule has 1 fully saturated rings. The molecule has 0 bridgehead atoms. The van der Waals surface area contributed by atoms with Gasteiger partial charge in [-0.15, -0.1) is 0 Å². The van der Waals surface area contributed by atoms with Gasteiger partial charge in [-0.3, -0.25) is 9.59 Å². The van der Waals surface area contributed by atoms with Crippen LogP contribution in [0.5, 0.6) is 0 Å². The SMILES string of the molecule is C[C@@H](NC(=O)N1CCCC(C(N)=O)C1)C(=O)O. The Kier molecular flexibility index (Phi) is 4.30. The van der Waals surface area contributed by atoms with Crippen molar-refractivity contribution in [3.8, 4) is 0 Å². The number of hydrogen-bond donors (Lipinski definition) is 3. The van der Waals surface area contributed by atoms with E-state index in [2.05, 4.69) is 5.32 Å². The highest BCUT2D eigenvalue weighted by atomic mass is 16.4. The fourth-order valence-corrected chi connectivity index (χ4v) is 1.73. The highest BCUT2D eigenvalue weighted by molar-refractivity contribution is 5.83. The minimum atomic E-state index is -1.10. The third kappa shape index (κ3) is 3.61. The van der Waals surface area contributed by atoms with E-state index in [9.17, 15) is 14.4 Å². The number of piperidine rings is 1. The summed E-state index contributed by atoms with van der Waals surface area (Å²) in [5.41, 5.74) is 5.19. The van der Waals surface area contributed by atoms with Crippen LogP contribution in [0, 0.1) is 5.92 Å². The highest BCUT2D eigenvalue weighted by Crippen LogP contribution is 2.15. The van der Waals surface area contributed by atoms with Gasteiger partial charge in [0, 0.05) is 13.1 Å². The van der Waals surface area contributed by atoms with Crippen molar-refractivity contribution in [3.63, 3.8) is 0 Å². The summed E-state index contributed by atoms with van der Waals surface area (Å²) in [5.74, 6) is -1.86. The number of carbonyl (C=O) groups excluding carboxylic acids is 2. The smallest absolute Gasteiger partial charge is 0.325 e. The predicted octanol–water partition coefficient (Wildman–Crippen LogP) is -0.634. The number of rotatable bonds is 3. The summed E-state index contributed by atoms with van der Waals surface area (Å²) >= 11 is 0. The van der Waals surface area contributed by atoms with Crippen molar-refractivity contribution >= 4 is 17.9 Å². The quantitative estimate of drug-likeness (QED) is 0.612. The zero-order valence-corrected chi connectivity index (χ0v) is 9.68. The van der Waals surface area contributed by atoms with Crippen LogP contribution in [0.2, 0.25) is 0 Å². The van der Waals surface area contributed by atoms with Crippen molar-refractivity contribution < 1.29 is 19.5 Å². The number of amides is 3. The molecule has 1 heterocycles. The Morgan fingerprint density at radius 3 is 2.65 bits per heavy atom. The van der Waals surface area contributed by atoms with E-state index in [1.807, 2.05) is 0 Å². The largest absolute Gasteiger partial charge is 0.480 e. The number of likely N-dealkylation sites (tertiary alicyclic amines) is 1. The number of primary amides is 1. The molecule has 0 radical (unpaired) electrons. The predicted molar refractivity (Wildman–Crippen MR) is 59.1 cm³/mol. The number of nitrogens with two attached hydrogens (primary N) is 1. The van der Waals surface area contributed by atoms with Gasteiger partial charge in [-0.2, -0.15) is 0 Å². The lowest BCUT2D eigenvalue weighted by Crippen LogP contribution is -2.51. The van der Waals surface area contributed by atoms with Crippen molar-refractivity contribution in [3.05, 3.63) is 0 Å². The van der Waals surface area contributed by atoms with E-state index >= 15 is 0 Å². The molecular formula is C10H17N3O4. The molecule has 96 valence electrons. The first-order valence-electron chi connectivity index (χ1n) is 5.49. The molecule has 2 atom stereocenters. The first-order chi connectivity index (χ1) is 7.91.